The predicted octanol–water partition coefficient (Wildman–Crippen LogP) is 2.39. The van der Waals surface area contributed by atoms with E-state index in [2.05, 4.69) is 15.3 Å². The molecule has 8 heteroatoms. The Balaban J connectivity index is 1.43. The summed E-state index contributed by atoms with van der Waals surface area (Å²) in [6, 6.07) is 11.2. The predicted molar refractivity (Wildman–Crippen MR) is 106 cm³/mol. The average molecular weight is 398 g/mol. The molecule has 0 saturated carbocycles. The van der Waals surface area contributed by atoms with Gasteiger partial charge in [-0.2, -0.15) is 4.98 Å². The Labute approximate surface area is 170 Å². The highest BCUT2D eigenvalue weighted by Crippen LogP contribution is 2.17. The Kier molecular flexibility index (Phi) is 6.99. The van der Waals surface area contributed by atoms with Crippen molar-refractivity contribution in [2.24, 2.45) is 0 Å². The summed E-state index contributed by atoms with van der Waals surface area (Å²) in [5, 5.41) is 2.52. The molecule has 0 aliphatic carbocycles. The van der Waals surface area contributed by atoms with E-state index in [1.165, 1.54) is 0 Å². The lowest BCUT2D eigenvalue weighted by atomic mass is 10.1. The van der Waals surface area contributed by atoms with Crippen LogP contribution in [0.1, 0.15) is 29.9 Å². The number of piperidine rings is 1. The number of likely N-dealkylation sites (tertiary alicyclic amines) is 1. The van der Waals surface area contributed by atoms with Crippen molar-refractivity contribution in [3.8, 4) is 5.88 Å². The van der Waals surface area contributed by atoms with Crippen LogP contribution in [0.2, 0.25) is 0 Å². The molecule has 1 aliphatic rings. The van der Waals surface area contributed by atoms with Crippen molar-refractivity contribution in [3.05, 3.63) is 53.5 Å². The molecule has 1 aliphatic heterocycles. The zero-order valence-corrected chi connectivity index (χ0v) is 16.8. The minimum absolute atomic E-state index is 0.105. The first kappa shape index (κ1) is 20.6. The molecule has 0 radical (unpaired) electrons. The quantitative estimate of drug-likeness (QED) is 0.803. The first-order valence-electron chi connectivity index (χ1n) is 9.71. The first-order chi connectivity index (χ1) is 14.0. The third-order valence-corrected chi connectivity index (χ3v) is 4.56. The number of carbonyl (C=O) groups excluding carboxylic acids is 2. The number of aryl methyl sites for hydroxylation is 2. The van der Waals surface area contributed by atoms with Crippen molar-refractivity contribution in [1.82, 2.24) is 20.2 Å². The molecule has 8 nitrogen and oxygen atoms in total. The fraction of sp³-hybridized carbons (Fsp3) is 0.429. The minimum Gasteiger partial charge on any atom is -0.472 e. The normalized spacial score (nSPS) is 16.2. The van der Waals surface area contributed by atoms with E-state index in [1.54, 1.807) is 11.0 Å². The minimum atomic E-state index is -0.612. The second-order valence-corrected chi connectivity index (χ2v) is 7.03. The van der Waals surface area contributed by atoms with Crippen molar-refractivity contribution < 1.29 is 19.1 Å². The lowest BCUT2D eigenvalue weighted by Crippen LogP contribution is -2.48. The van der Waals surface area contributed by atoms with Gasteiger partial charge < -0.3 is 19.7 Å². The molecule has 1 aromatic heterocycles. The number of nitrogens with one attached hydrogen (secondary N) is 1. The van der Waals surface area contributed by atoms with E-state index in [0.29, 0.717) is 24.8 Å². The van der Waals surface area contributed by atoms with Crippen molar-refractivity contribution in [2.75, 3.05) is 19.6 Å². The molecule has 3 rings (SSSR count). The van der Waals surface area contributed by atoms with Gasteiger partial charge in [0.1, 0.15) is 25.1 Å². The maximum Gasteiger partial charge on any atom is 0.407 e. The van der Waals surface area contributed by atoms with Crippen LogP contribution >= 0.6 is 0 Å². The number of carbonyl (C=O) groups is 2. The third kappa shape index (κ3) is 6.44. The molecule has 0 spiro atoms. The molecule has 29 heavy (non-hydrogen) atoms. The van der Waals surface area contributed by atoms with Gasteiger partial charge in [-0.05, 0) is 32.3 Å². The van der Waals surface area contributed by atoms with Crippen molar-refractivity contribution in [1.29, 1.82) is 0 Å². The smallest absolute Gasteiger partial charge is 0.407 e. The van der Waals surface area contributed by atoms with Crippen LogP contribution in [0, 0.1) is 13.8 Å². The summed E-state index contributed by atoms with van der Waals surface area (Å²) >= 11 is 0. The van der Waals surface area contributed by atoms with Gasteiger partial charge in [-0.25, -0.2) is 9.78 Å². The fourth-order valence-corrected chi connectivity index (χ4v) is 3.21. The monoisotopic (exact) mass is 398 g/mol. The van der Waals surface area contributed by atoms with Crippen molar-refractivity contribution >= 4 is 12.0 Å². The standard InChI is InChI=1S/C21H26N4O4/c1-15-11-19(24-16(2)23-15)29-18-9-6-10-25(13-18)20(26)12-22-21(27)28-14-17-7-4-3-5-8-17/h3-5,7-8,11,18H,6,9-10,12-14H2,1-2H3,(H,22,27). The molecule has 0 bridgehead atoms. The summed E-state index contributed by atoms with van der Waals surface area (Å²) in [6.45, 7) is 4.87. The van der Waals surface area contributed by atoms with Gasteiger partial charge in [-0.15, -0.1) is 0 Å². The Morgan fingerprint density at radius 3 is 2.76 bits per heavy atom. The molecular weight excluding hydrogens is 372 g/mol. The van der Waals surface area contributed by atoms with E-state index in [9.17, 15) is 9.59 Å². The summed E-state index contributed by atoms with van der Waals surface area (Å²) < 4.78 is 11.1. The summed E-state index contributed by atoms with van der Waals surface area (Å²) in [4.78, 5) is 34.5. The van der Waals surface area contributed by atoms with Gasteiger partial charge in [-0.3, -0.25) is 4.79 Å². The van der Waals surface area contributed by atoms with Crippen LogP contribution in [0.25, 0.3) is 0 Å². The van der Waals surface area contributed by atoms with Crippen LogP contribution < -0.4 is 10.1 Å². The van der Waals surface area contributed by atoms with E-state index in [-0.39, 0.29) is 25.2 Å². The zero-order chi connectivity index (χ0) is 20.6. The van der Waals surface area contributed by atoms with E-state index in [4.69, 9.17) is 9.47 Å². The first-order valence-corrected chi connectivity index (χ1v) is 9.71. The van der Waals surface area contributed by atoms with Crippen LogP contribution in [-0.4, -0.2) is 52.6 Å². The number of hydrogen-bond acceptors (Lipinski definition) is 6. The lowest BCUT2D eigenvalue weighted by Gasteiger charge is -2.32. The number of ether oxygens (including phenoxy) is 2. The second kappa shape index (κ2) is 9.86. The number of benzene rings is 1. The highest BCUT2D eigenvalue weighted by atomic mass is 16.5. The van der Waals surface area contributed by atoms with Gasteiger partial charge in [0.15, 0.2) is 0 Å². The van der Waals surface area contributed by atoms with E-state index >= 15 is 0 Å². The number of aromatic nitrogens is 2. The van der Waals surface area contributed by atoms with Gasteiger partial charge in [0.05, 0.1) is 6.54 Å². The fourth-order valence-electron chi connectivity index (χ4n) is 3.21. The Bertz CT molecular complexity index is 824. The van der Waals surface area contributed by atoms with Crippen molar-refractivity contribution in [3.63, 3.8) is 0 Å². The maximum atomic E-state index is 12.5. The van der Waals surface area contributed by atoms with Gasteiger partial charge in [0.25, 0.3) is 0 Å². The second-order valence-electron chi connectivity index (χ2n) is 7.03. The van der Waals surface area contributed by atoms with Gasteiger partial charge in [0.2, 0.25) is 11.8 Å². The Morgan fingerprint density at radius 2 is 2.00 bits per heavy atom. The summed E-state index contributed by atoms with van der Waals surface area (Å²) in [7, 11) is 0. The molecule has 1 unspecified atom stereocenters. The molecule has 2 heterocycles. The molecule has 2 aromatic rings. The zero-order valence-electron chi connectivity index (χ0n) is 16.8. The van der Waals surface area contributed by atoms with Gasteiger partial charge >= 0.3 is 6.09 Å². The Morgan fingerprint density at radius 1 is 1.21 bits per heavy atom. The molecule has 2 amide bonds. The lowest BCUT2D eigenvalue weighted by molar-refractivity contribution is -0.132. The average Bonchev–Trinajstić information content (AvgIpc) is 2.70. The van der Waals surface area contributed by atoms with Crippen LogP contribution in [0.3, 0.4) is 0 Å². The third-order valence-electron chi connectivity index (χ3n) is 4.56. The molecule has 1 aromatic carbocycles. The molecule has 154 valence electrons. The molecule has 1 fully saturated rings. The summed E-state index contributed by atoms with van der Waals surface area (Å²) in [5.74, 6) is 1.02. The SMILES string of the molecule is Cc1cc(OC2CCCN(C(=O)CNC(=O)OCc3ccccc3)C2)nc(C)n1. The number of hydrogen-bond donors (Lipinski definition) is 1. The number of rotatable bonds is 6. The van der Waals surface area contributed by atoms with Crippen LogP contribution in [0.15, 0.2) is 36.4 Å². The van der Waals surface area contributed by atoms with Crippen LogP contribution in [-0.2, 0) is 16.1 Å². The van der Waals surface area contributed by atoms with Crippen molar-refractivity contribution in [2.45, 2.75) is 39.4 Å². The maximum absolute atomic E-state index is 12.5. The summed E-state index contributed by atoms with van der Waals surface area (Å²) in [6.07, 6.45) is 0.932. The highest BCUT2D eigenvalue weighted by molar-refractivity contribution is 5.82. The van der Waals surface area contributed by atoms with Gasteiger partial charge in [0, 0.05) is 18.3 Å². The molecular formula is C21H26N4O4. The highest BCUT2D eigenvalue weighted by Gasteiger charge is 2.25. The molecule has 1 atom stereocenters. The number of alkyl carbamates (subject to hydrolysis) is 1. The topological polar surface area (TPSA) is 93.7 Å². The largest absolute Gasteiger partial charge is 0.472 e. The van der Waals surface area contributed by atoms with Crippen LogP contribution in [0.5, 0.6) is 5.88 Å². The summed E-state index contributed by atoms with van der Waals surface area (Å²) in [5.41, 5.74) is 1.73. The van der Waals surface area contributed by atoms with E-state index in [0.717, 1.165) is 24.1 Å². The Hall–Kier alpha value is -3.16. The van der Waals surface area contributed by atoms with E-state index in [1.807, 2.05) is 44.2 Å². The molecule has 1 saturated heterocycles. The van der Waals surface area contributed by atoms with Crippen LogP contribution in [0.4, 0.5) is 4.79 Å². The number of nitrogens with zero attached hydrogens (tertiary/aromatic N) is 3. The molecule has 1 N–H and O–H groups in total. The number of amides is 2. The van der Waals surface area contributed by atoms with E-state index < -0.39 is 6.09 Å². The van der Waals surface area contributed by atoms with Gasteiger partial charge in [-0.1, -0.05) is 30.3 Å².